The Morgan fingerprint density at radius 2 is 1.17 bits per heavy atom. The molecule has 0 aromatic heterocycles. The molecule has 0 N–H and O–H groups in total. The molecule has 0 heterocycles. The van der Waals surface area contributed by atoms with Crippen molar-refractivity contribution >= 4 is 17.9 Å². The highest BCUT2D eigenvalue weighted by Gasteiger charge is 2.21. The first-order valence-corrected chi connectivity index (χ1v) is 13.9. The topological polar surface area (TPSA) is 107 Å². The second-order valence-corrected chi connectivity index (χ2v) is 9.06. The predicted molar refractivity (Wildman–Crippen MR) is 156 cm³/mol. The van der Waals surface area contributed by atoms with E-state index in [1.54, 1.807) is 48.5 Å². The van der Waals surface area contributed by atoms with Gasteiger partial charge in [-0.05, 0) is 79.6 Å². The van der Waals surface area contributed by atoms with Gasteiger partial charge in [-0.1, -0.05) is 33.3 Å². The first-order valence-electron chi connectivity index (χ1n) is 13.9. The Morgan fingerprint density at radius 1 is 0.643 bits per heavy atom. The van der Waals surface area contributed by atoms with Gasteiger partial charge in [0.15, 0.2) is 0 Å². The summed E-state index contributed by atoms with van der Waals surface area (Å²) >= 11 is 0. The van der Waals surface area contributed by atoms with E-state index >= 15 is 0 Å². The number of esters is 3. The minimum atomic E-state index is -0.795. The number of hydrogen-bond donors (Lipinski definition) is 0. The Kier molecular flexibility index (Phi) is 12.9. The fourth-order valence-corrected chi connectivity index (χ4v) is 3.53. The van der Waals surface area contributed by atoms with Crippen molar-refractivity contribution in [1.29, 1.82) is 0 Å². The Hall–Kier alpha value is -4.79. The van der Waals surface area contributed by atoms with Crippen molar-refractivity contribution < 1.29 is 42.8 Å². The summed E-state index contributed by atoms with van der Waals surface area (Å²) in [5.41, 5.74) is 0.446. The molecule has 3 rings (SSSR count). The fourth-order valence-electron chi connectivity index (χ4n) is 3.53. The van der Waals surface area contributed by atoms with E-state index < -0.39 is 17.9 Å². The lowest BCUT2D eigenvalue weighted by atomic mass is 10.1. The maximum Gasteiger partial charge on any atom is 0.343 e. The Balaban J connectivity index is 1.74. The molecule has 3 aromatic carbocycles. The number of ether oxygens (including phenoxy) is 6. The molecule has 42 heavy (non-hydrogen) atoms. The van der Waals surface area contributed by atoms with Gasteiger partial charge < -0.3 is 28.4 Å². The molecule has 0 radical (unpaired) electrons. The largest absolute Gasteiger partial charge is 0.498 e. The number of carbonyl (C=O) groups excluding carboxylic acids is 3. The van der Waals surface area contributed by atoms with Gasteiger partial charge in [0.2, 0.25) is 0 Å². The Labute approximate surface area is 245 Å². The van der Waals surface area contributed by atoms with Gasteiger partial charge >= 0.3 is 17.9 Å². The number of unbranched alkanes of at least 4 members (excludes halogenated alkanes) is 2. The van der Waals surface area contributed by atoms with Crippen LogP contribution in [-0.2, 0) is 9.47 Å². The molecule has 0 saturated heterocycles. The minimum Gasteiger partial charge on any atom is -0.498 e. The summed E-state index contributed by atoms with van der Waals surface area (Å²) in [4.78, 5) is 38.5. The van der Waals surface area contributed by atoms with E-state index in [-0.39, 0.29) is 35.8 Å². The summed E-state index contributed by atoms with van der Waals surface area (Å²) in [5, 5.41) is 0. The van der Waals surface area contributed by atoms with Gasteiger partial charge in [-0.2, -0.15) is 0 Å². The van der Waals surface area contributed by atoms with Crippen LogP contribution < -0.4 is 18.9 Å². The lowest BCUT2D eigenvalue weighted by Gasteiger charge is -2.13. The first kappa shape index (κ1) is 31.7. The average Bonchev–Trinajstić information content (AvgIpc) is 3.01. The molecule has 0 fully saturated rings. The standard InChI is InChI=1S/C33H36O9/c1-4-7-19-38-26-13-9-24(10-14-26)31(34)41-28-17-18-30(29(23-28)33(36)40-22-21-37-6-3)42-32(35)25-11-15-27(16-12-25)39-20-8-5-2/h6,9-18,23H,3-5,7-8,19-22H2,1-2H3. The quantitative estimate of drug-likeness (QED) is 0.0742. The van der Waals surface area contributed by atoms with Crippen molar-refractivity contribution in [3.63, 3.8) is 0 Å². The molecule has 0 saturated carbocycles. The summed E-state index contributed by atoms with van der Waals surface area (Å²) in [6.45, 7) is 8.77. The van der Waals surface area contributed by atoms with Crippen LogP contribution in [0.3, 0.4) is 0 Å². The average molecular weight is 577 g/mol. The van der Waals surface area contributed by atoms with Crippen LogP contribution in [0.4, 0.5) is 0 Å². The number of hydrogen-bond acceptors (Lipinski definition) is 9. The third-order valence-corrected chi connectivity index (χ3v) is 5.85. The molecular formula is C33H36O9. The molecular weight excluding hydrogens is 540 g/mol. The van der Waals surface area contributed by atoms with Crippen LogP contribution in [-0.4, -0.2) is 44.3 Å². The predicted octanol–water partition coefficient (Wildman–Crippen LogP) is 6.80. The highest BCUT2D eigenvalue weighted by atomic mass is 16.6. The van der Waals surface area contributed by atoms with Gasteiger partial charge in [-0.25, -0.2) is 14.4 Å². The Morgan fingerprint density at radius 3 is 1.69 bits per heavy atom. The molecule has 0 spiro atoms. The number of rotatable bonds is 17. The smallest absolute Gasteiger partial charge is 0.343 e. The van der Waals surface area contributed by atoms with E-state index in [1.165, 1.54) is 24.5 Å². The maximum atomic E-state index is 12.9. The van der Waals surface area contributed by atoms with E-state index in [9.17, 15) is 14.4 Å². The second kappa shape index (κ2) is 17.1. The van der Waals surface area contributed by atoms with E-state index in [1.807, 2.05) is 0 Å². The van der Waals surface area contributed by atoms with Crippen molar-refractivity contribution in [3.8, 4) is 23.0 Å². The van der Waals surface area contributed by atoms with Gasteiger partial charge in [-0.3, -0.25) is 0 Å². The maximum absolute atomic E-state index is 12.9. The van der Waals surface area contributed by atoms with Crippen LogP contribution >= 0.6 is 0 Å². The molecule has 3 aromatic rings. The number of carbonyl (C=O) groups is 3. The minimum absolute atomic E-state index is 0.0611. The highest BCUT2D eigenvalue weighted by Crippen LogP contribution is 2.27. The Bertz CT molecular complexity index is 1310. The van der Waals surface area contributed by atoms with Gasteiger partial charge in [0.05, 0.1) is 30.6 Å². The fraction of sp³-hybridized carbons (Fsp3) is 0.303. The molecule has 0 aliphatic rings. The van der Waals surface area contributed by atoms with Crippen molar-refractivity contribution in [1.82, 2.24) is 0 Å². The molecule has 0 atom stereocenters. The zero-order valence-corrected chi connectivity index (χ0v) is 24.0. The summed E-state index contributed by atoms with van der Waals surface area (Å²) in [5.74, 6) is -0.843. The van der Waals surface area contributed by atoms with E-state index in [0.717, 1.165) is 25.7 Å². The van der Waals surface area contributed by atoms with Gasteiger partial charge in [0.25, 0.3) is 0 Å². The van der Waals surface area contributed by atoms with Crippen LogP contribution in [0.15, 0.2) is 79.6 Å². The van der Waals surface area contributed by atoms with E-state index in [4.69, 9.17) is 28.4 Å². The van der Waals surface area contributed by atoms with E-state index in [0.29, 0.717) is 30.3 Å². The first-order chi connectivity index (χ1) is 20.4. The monoisotopic (exact) mass is 576 g/mol. The summed E-state index contributed by atoms with van der Waals surface area (Å²) in [6, 6.07) is 17.1. The summed E-state index contributed by atoms with van der Waals surface area (Å²) in [7, 11) is 0. The van der Waals surface area contributed by atoms with Crippen molar-refractivity contribution in [2.75, 3.05) is 26.4 Å². The molecule has 9 nitrogen and oxygen atoms in total. The lowest BCUT2D eigenvalue weighted by molar-refractivity contribution is 0.0415. The van der Waals surface area contributed by atoms with Gasteiger partial charge in [0, 0.05) is 0 Å². The molecule has 0 amide bonds. The summed E-state index contributed by atoms with van der Waals surface area (Å²) in [6.07, 6.45) is 5.11. The molecule has 0 aliphatic carbocycles. The summed E-state index contributed by atoms with van der Waals surface area (Å²) < 4.78 is 32.5. The van der Waals surface area contributed by atoms with Crippen LogP contribution in [0.5, 0.6) is 23.0 Å². The van der Waals surface area contributed by atoms with Crippen molar-refractivity contribution in [3.05, 3.63) is 96.3 Å². The SMILES string of the molecule is C=COCCOC(=O)c1cc(OC(=O)c2ccc(OCCCC)cc2)ccc1OC(=O)c1ccc(OCCCC)cc1. The van der Waals surface area contributed by atoms with Gasteiger partial charge in [0.1, 0.15) is 41.8 Å². The van der Waals surface area contributed by atoms with E-state index in [2.05, 4.69) is 20.4 Å². The molecule has 9 heteroatoms. The zero-order valence-electron chi connectivity index (χ0n) is 24.0. The van der Waals surface area contributed by atoms with Crippen LogP contribution in [0.2, 0.25) is 0 Å². The normalized spacial score (nSPS) is 10.3. The third-order valence-electron chi connectivity index (χ3n) is 5.85. The zero-order chi connectivity index (χ0) is 30.2. The molecule has 222 valence electrons. The number of benzene rings is 3. The highest BCUT2D eigenvalue weighted by molar-refractivity contribution is 5.97. The second-order valence-electron chi connectivity index (χ2n) is 9.06. The van der Waals surface area contributed by atoms with Crippen LogP contribution in [0.25, 0.3) is 0 Å². The van der Waals surface area contributed by atoms with Crippen molar-refractivity contribution in [2.45, 2.75) is 39.5 Å². The van der Waals surface area contributed by atoms with Gasteiger partial charge in [-0.15, -0.1) is 0 Å². The molecule has 0 aliphatic heterocycles. The third kappa shape index (κ3) is 9.99. The lowest BCUT2D eigenvalue weighted by Crippen LogP contribution is -2.15. The molecule has 0 bridgehead atoms. The van der Waals surface area contributed by atoms with Crippen molar-refractivity contribution in [2.24, 2.45) is 0 Å². The van der Waals surface area contributed by atoms with Crippen LogP contribution in [0.1, 0.15) is 70.6 Å². The van der Waals surface area contributed by atoms with Crippen LogP contribution in [0, 0.1) is 0 Å². The molecule has 0 unspecified atom stereocenters.